The highest BCUT2D eigenvalue weighted by Gasteiger charge is 2.17. The highest BCUT2D eigenvalue weighted by molar-refractivity contribution is 5.51. The number of nitrogen functional groups attached to an aromatic ring is 1. The van der Waals surface area contributed by atoms with Gasteiger partial charge in [0.15, 0.2) is 0 Å². The molecule has 2 N–H and O–H groups in total. The number of hydrogen-bond donors (Lipinski definition) is 1. The van der Waals surface area contributed by atoms with Crippen molar-refractivity contribution in [2.24, 2.45) is 0 Å². The largest absolute Gasteiger partial charge is 0.398 e. The summed E-state index contributed by atoms with van der Waals surface area (Å²) in [7, 11) is 0. The molecule has 0 saturated carbocycles. The van der Waals surface area contributed by atoms with Crippen LogP contribution >= 0.6 is 0 Å². The summed E-state index contributed by atoms with van der Waals surface area (Å²) in [5, 5.41) is 0. The van der Waals surface area contributed by atoms with E-state index in [0.717, 1.165) is 45.0 Å². The first-order chi connectivity index (χ1) is 7.81. The van der Waals surface area contributed by atoms with E-state index in [9.17, 15) is 0 Å². The zero-order chi connectivity index (χ0) is 11.4. The lowest BCUT2D eigenvalue weighted by molar-refractivity contribution is 0.108. The summed E-state index contributed by atoms with van der Waals surface area (Å²) in [6.07, 6.45) is 1.06. The molecule has 3 heteroatoms. The van der Waals surface area contributed by atoms with Crippen LogP contribution in [0, 0.1) is 0 Å². The van der Waals surface area contributed by atoms with Gasteiger partial charge in [-0.1, -0.05) is 12.1 Å². The van der Waals surface area contributed by atoms with Gasteiger partial charge in [0.25, 0.3) is 0 Å². The topological polar surface area (TPSA) is 38.5 Å². The van der Waals surface area contributed by atoms with Gasteiger partial charge in [-0.15, -0.1) is 0 Å². The quantitative estimate of drug-likeness (QED) is 0.619. The molecule has 0 aliphatic carbocycles. The van der Waals surface area contributed by atoms with Gasteiger partial charge in [-0.3, -0.25) is 4.90 Å². The van der Waals surface area contributed by atoms with Crippen molar-refractivity contribution >= 4 is 5.69 Å². The predicted octanol–water partition coefficient (Wildman–Crippen LogP) is 1.66. The van der Waals surface area contributed by atoms with E-state index in [4.69, 9.17) is 10.5 Å². The van der Waals surface area contributed by atoms with Crippen LogP contribution in [0.25, 0.3) is 0 Å². The Morgan fingerprint density at radius 2 is 2.31 bits per heavy atom. The minimum Gasteiger partial charge on any atom is -0.398 e. The highest BCUT2D eigenvalue weighted by Crippen LogP contribution is 2.23. The van der Waals surface area contributed by atoms with E-state index < -0.39 is 0 Å². The molecule has 0 unspecified atom stereocenters. The summed E-state index contributed by atoms with van der Waals surface area (Å²) in [5.41, 5.74) is 9.63. The zero-order valence-electron chi connectivity index (χ0n) is 9.91. The van der Waals surface area contributed by atoms with Gasteiger partial charge in [0.05, 0.1) is 6.61 Å². The summed E-state index contributed by atoms with van der Waals surface area (Å²) in [5.74, 6) is 0. The molecule has 0 saturated heterocycles. The molecule has 0 bridgehead atoms. The Morgan fingerprint density at radius 1 is 1.44 bits per heavy atom. The Morgan fingerprint density at radius 3 is 3.12 bits per heavy atom. The van der Waals surface area contributed by atoms with Crippen molar-refractivity contribution < 1.29 is 4.74 Å². The highest BCUT2D eigenvalue weighted by atomic mass is 16.5. The third-order valence-electron chi connectivity index (χ3n) is 3.14. The molecule has 16 heavy (non-hydrogen) atoms. The van der Waals surface area contributed by atoms with Gasteiger partial charge in [-0.05, 0) is 30.5 Å². The fourth-order valence-corrected chi connectivity index (χ4v) is 2.23. The Kier molecular flexibility index (Phi) is 3.80. The van der Waals surface area contributed by atoms with Crippen LogP contribution in [0.2, 0.25) is 0 Å². The number of nitrogens with two attached hydrogens (primary N) is 1. The number of anilines is 1. The molecule has 0 atom stereocenters. The number of rotatable bonds is 4. The third kappa shape index (κ3) is 2.54. The van der Waals surface area contributed by atoms with Crippen LogP contribution < -0.4 is 5.73 Å². The van der Waals surface area contributed by atoms with E-state index in [-0.39, 0.29) is 0 Å². The van der Waals surface area contributed by atoms with Gasteiger partial charge in [0, 0.05) is 31.9 Å². The standard InChI is InChI=1S/C13H20N2O/c1-2-16-9-8-15-7-6-12-11(10-15)4-3-5-13(12)14/h3-5H,2,6-10,14H2,1H3. The van der Waals surface area contributed by atoms with Gasteiger partial charge < -0.3 is 10.5 Å². The SMILES string of the molecule is CCOCCN1CCc2c(N)cccc2C1. The van der Waals surface area contributed by atoms with Crippen LogP contribution in [0.1, 0.15) is 18.1 Å². The van der Waals surface area contributed by atoms with E-state index in [1.54, 1.807) is 0 Å². The first kappa shape index (κ1) is 11.4. The minimum absolute atomic E-state index is 0.803. The van der Waals surface area contributed by atoms with Crippen LogP contribution in [0.4, 0.5) is 5.69 Å². The normalized spacial score (nSPS) is 16.1. The molecule has 1 aliphatic heterocycles. The Bertz CT molecular complexity index is 352. The van der Waals surface area contributed by atoms with Crippen LogP contribution in [0.5, 0.6) is 0 Å². The van der Waals surface area contributed by atoms with Crippen molar-refractivity contribution in [1.82, 2.24) is 4.90 Å². The van der Waals surface area contributed by atoms with Crippen molar-refractivity contribution in [1.29, 1.82) is 0 Å². The zero-order valence-corrected chi connectivity index (χ0v) is 9.91. The van der Waals surface area contributed by atoms with E-state index in [1.165, 1.54) is 11.1 Å². The number of fused-ring (bicyclic) bond motifs is 1. The summed E-state index contributed by atoms with van der Waals surface area (Å²) in [6.45, 7) is 6.78. The van der Waals surface area contributed by atoms with Gasteiger partial charge in [0.1, 0.15) is 0 Å². The number of nitrogens with zero attached hydrogens (tertiary/aromatic N) is 1. The monoisotopic (exact) mass is 220 g/mol. The number of hydrogen-bond acceptors (Lipinski definition) is 3. The van der Waals surface area contributed by atoms with Gasteiger partial charge in [-0.2, -0.15) is 0 Å². The molecular weight excluding hydrogens is 200 g/mol. The summed E-state index contributed by atoms with van der Waals surface area (Å²) < 4.78 is 5.38. The molecule has 1 aliphatic rings. The molecule has 2 rings (SSSR count). The second-order valence-electron chi connectivity index (χ2n) is 4.21. The first-order valence-electron chi connectivity index (χ1n) is 5.97. The summed E-state index contributed by atoms with van der Waals surface area (Å²) in [6, 6.07) is 6.22. The minimum atomic E-state index is 0.803. The van der Waals surface area contributed by atoms with Crippen LogP contribution in [-0.2, 0) is 17.7 Å². The van der Waals surface area contributed by atoms with Crippen molar-refractivity contribution in [3.8, 4) is 0 Å². The molecule has 0 spiro atoms. The lowest BCUT2D eigenvalue weighted by atomic mass is 9.98. The maximum absolute atomic E-state index is 5.97. The van der Waals surface area contributed by atoms with Crippen molar-refractivity contribution in [3.63, 3.8) is 0 Å². The molecule has 1 aromatic rings. The fourth-order valence-electron chi connectivity index (χ4n) is 2.23. The predicted molar refractivity (Wildman–Crippen MR) is 66.3 cm³/mol. The fraction of sp³-hybridized carbons (Fsp3) is 0.538. The first-order valence-corrected chi connectivity index (χ1v) is 5.97. The smallest absolute Gasteiger partial charge is 0.0593 e. The molecule has 3 nitrogen and oxygen atoms in total. The summed E-state index contributed by atoms with van der Waals surface area (Å²) >= 11 is 0. The lowest BCUT2D eigenvalue weighted by Gasteiger charge is -2.29. The maximum atomic E-state index is 5.97. The maximum Gasteiger partial charge on any atom is 0.0593 e. The average molecular weight is 220 g/mol. The van der Waals surface area contributed by atoms with Crippen LogP contribution in [-0.4, -0.2) is 31.2 Å². The molecule has 1 heterocycles. The molecule has 0 fully saturated rings. The van der Waals surface area contributed by atoms with Gasteiger partial charge >= 0.3 is 0 Å². The van der Waals surface area contributed by atoms with E-state index >= 15 is 0 Å². The molecule has 88 valence electrons. The average Bonchev–Trinajstić information content (AvgIpc) is 2.30. The molecule has 0 amide bonds. The molecular formula is C13H20N2O. The van der Waals surface area contributed by atoms with Crippen molar-refractivity contribution in [2.45, 2.75) is 19.9 Å². The van der Waals surface area contributed by atoms with Gasteiger partial charge in [-0.25, -0.2) is 0 Å². The lowest BCUT2D eigenvalue weighted by Crippen LogP contribution is -2.33. The van der Waals surface area contributed by atoms with Crippen molar-refractivity contribution in [3.05, 3.63) is 29.3 Å². The Hall–Kier alpha value is -1.06. The van der Waals surface area contributed by atoms with Crippen molar-refractivity contribution in [2.75, 3.05) is 32.0 Å². The van der Waals surface area contributed by atoms with E-state index in [0.29, 0.717) is 0 Å². The molecule has 1 aromatic carbocycles. The Labute approximate surface area is 97.2 Å². The van der Waals surface area contributed by atoms with Crippen LogP contribution in [0.15, 0.2) is 18.2 Å². The van der Waals surface area contributed by atoms with E-state index in [1.807, 2.05) is 19.1 Å². The Balaban J connectivity index is 1.96. The number of ether oxygens (including phenoxy) is 1. The molecule has 0 aromatic heterocycles. The van der Waals surface area contributed by atoms with Gasteiger partial charge in [0.2, 0.25) is 0 Å². The van der Waals surface area contributed by atoms with Crippen LogP contribution in [0.3, 0.4) is 0 Å². The third-order valence-corrected chi connectivity index (χ3v) is 3.14. The summed E-state index contributed by atoms with van der Waals surface area (Å²) in [4.78, 5) is 2.43. The second-order valence-corrected chi connectivity index (χ2v) is 4.21. The van der Waals surface area contributed by atoms with E-state index in [2.05, 4.69) is 11.0 Å². The molecule has 0 radical (unpaired) electrons. The second kappa shape index (κ2) is 5.32. The number of benzene rings is 1.